The van der Waals surface area contributed by atoms with Crippen LogP contribution in [0.4, 0.5) is 0 Å². The van der Waals surface area contributed by atoms with Gasteiger partial charge in [0.15, 0.2) is 11.5 Å². The molecule has 0 aromatic heterocycles. The van der Waals surface area contributed by atoms with Crippen molar-refractivity contribution >= 4 is 62.9 Å². The normalized spacial score (nSPS) is 14.9. The molecule has 0 atom stereocenters. The van der Waals surface area contributed by atoms with E-state index in [2.05, 4.69) is 27.9 Å². The van der Waals surface area contributed by atoms with Gasteiger partial charge in [-0.3, -0.25) is 4.79 Å². The molecule has 0 aliphatic carbocycles. The minimum Gasteiger partial charge on any atom is -0.493 e. The molecule has 5 nitrogen and oxygen atoms in total. The van der Waals surface area contributed by atoms with Gasteiger partial charge in [-0.15, -0.1) is 0 Å². The summed E-state index contributed by atoms with van der Waals surface area (Å²) in [6.45, 7) is 2.82. The number of hydrogen-bond acceptors (Lipinski definition) is 6. The molecule has 0 bridgehead atoms. The Morgan fingerprint density at radius 2 is 2.00 bits per heavy atom. The van der Waals surface area contributed by atoms with Gasteiger partial charge < -0.3 is 19.5 Å². The number of nitrogens with one attached hydrogen (secondary N) is 1. The highest BCUT2D eigenvalue weighted by molar-refractivity contribution is 14.1. The van der Waals surface area contributed by atoms with Crippen LogP contribution in [-0.2, 0) is 4.79 Å². The van der Waals surface area contributed by atoms with Crippen molar-refractivity contribution in [2.75, 3.05) is 20.3 Å². The molecule has 2 aromatic carbocycles. The van der Waals surface area contributed by atoms with Gasteiger partial charge in [-0.1, -0.05) is 36.1 Å². The van der Waals surface area contributed by atoms with Crippen LogP contribution in [0.15, 0.2) is 41.3 Å². The summed E-state index contributed by atoms with van der Waals surface area (Å²) in [6, 6.07) is 11.6. The van der Waals surface area contributed by atoms with E-state index < -0.39 is 0 Å². The van der Waals surface area contributed by atoms with Gasteiger partial charge in [0.1, 0.15) is 23.3 Å². The van der Waals surface area contributed by atoms with Gasteiger partial charge in [0.25, 0.3) is 5.91 Å². The zero-order valence-electron chi connectivity index (χ0n) is 15.3. The molecule has 1 saturated heterocycles. The number of amides is 1. The average molecular weight is 527 g/mol. The first-order valence-electron chi connectivity index (χ1n) is 8.41. The third-order valence-electron chi connectivity index (χ3n) is 3.78. The number of hydrogen-bond donors (Lipinski definition) is 1. The largest absolute Gasteiger partial charge is 0.493 e. The molecule has 1 aliphatic rings. The lowest BCUT2D eigenvalue weighted by molar-refractivity contribution is -0.115. The highest BCUT2D eigenvalue weighted by Crippen LogP contribution is 2.36. The molecule has 1 heterocycles. The molecule has 146 valence electrons. The highest BCUT2D eigenvalue weighted by atomic mass is 127. The van der Waals surface area contributed by atoms with Crippen molar-refractivity contribution in [2.45, 2.75) is 6.92 Å². The Labute approximate surface area is 187 Å². The van der Waals surface area contributed by atoms with Crippen LogP contribution < -0.4 is 19.5 Å². The second-order valence-electron chi connectivity index (χ2n) is 5.90. The van der Waals surface area contributed by atoms with Crippen LogP contribution in [0.25, 0.3) is 6.08 Å². The molecule has 0 spiro atoms. The molecule has 8 heteroatoms. The first-order valence-corrected chi connectivity index (χ1v) is 10.7. The third-order valence-corrected chi connectivity index (χ3v) is 5.74. The number of carbonyl (C=O) groups excluding carboxylic acids is 1. The molecule has 3 rings (SSSR count). The number of halogens is 1. The van der Waals surface area contributed by atoms with Gasteiger partial charge in [0.05, 0.1) is 15.6 Å². The van der Waals surface area contributed by atoms with E-state index in [-0.39, 0.29) is 5.91 Å². The average Bonchev–Trinajstić information content (AvgIpc) is 2.96. The third kappa shape index (κ3) is 5.39. The molecule has 0 saturated carbocycles. The number of carbonyl (C=O) groups is 1. The highest BCUT2D eigenvalue weighted by Gasteiger charge is 2.22. The summed E-state index contributed by atoms with van der Waals surface area (Å²) in [5, 5.41) is 2.61. The first kappa shape index (κ1) is 20.9. The van der Waals surface area contributed by atoms with Crippen LogP contribution in [-0.4, -0.2) is 30.6 Å². The molecule has 0 unspecified atom stereocenters. The summed E-state index contributed by atoms with van der Waals surface area (Å²) in [4.78, 5) is 12.4. The lowest BCUT2D eigenvalue weighted by atomic mass is 10.2. The van der Waals surface area contributed by atoms with E-state index in [0.717, 1.165) is 20.4 Å². The van der Waals surface area contributed by atoms with Crippen LogP contribution in [0.5, 0.6) is 17.2 Å². The summed E-state index contributed by atoms with van der Waals surface area (Å²) >= 11 is 8.46. The second kappa shape index (κ2) is 9.62. The van der Waals surface area contributed by atoms with Crippen molar-refractivity contribution in [2.24, 2.45) is 0 Å². The van der Waals surface area contributed by atoms with E-state index in [4.69, 9.17) is 26.4 Å². The number of thioether (sulfide) groups is 1. The van der Waals surface area contributed by atoms with Gasteiger partial charge in [-0.2, -0.15) is 0 Å². The van der Waals surface area contributed by atoms with E-state index in [9.17, 15) is 4.79 Å². The Morgan fingerprint density at radius 3 is 2.68 bits per heavy atom. The molecule has 0 radical (unpaired) electrons. The van der Waals surface area contributed by atoms with Crippen LogP contribution in [0.1, 0.15) is 11.1 Å². The Hall–Kier alpha value is -1.78. The zero-order chi connectivity index (χ0) is 20.1. The fourth-order valence-corrected chi connectivity index (χ4v) is 4.37. The molecule has 28 heavy (non-hydrogen) atoms. The van der Waals surface area contributed by atoms with Crippen molar-refractivity contribution in [1.29, 1.82) is 0 Å². The predicted octanol–water partition coefficient (Wildman–Crippen LogP) is 4.55. The van der Waals surface area contributed by atoms with E-state index in [1.165, 1.54) is 11.8 Å². The van der Waals surface area contributed by atoms with Gasteiger partial charge >= 0.3 is 0 Å². The van der Waals surface area contributed by atoms with Gasteiger partial charge in [-0.05, 0) is 71.0 Å². The van der Waals surface area contributed by atoms with Gasteiger partial charge in [0, 0.05) is 0 Å². The van der Waals surface area contributed by atoms with Crippen LogP contribution in [0, 0.1) is 10.5 Å². The van der Waals surface area contributed by atoms with Gasteiger partial charge in [0.2, 0.25) is 0 Å². The number of aryl methyl sites for hydroxylation is 1. The SMILES string of the molecule is COc1cc(C=C2SC(=S)NC2=O)cc(I)c1OCCOc1cccc(C)c1. The molecule has 2 aromatic rings. The Bertz CT molecular complexity index is 946. The van der Waals surface area contributed by atoms with E-state index in [0.29, 0.717) is 33.9 Å². The monoisotopic (exact) mass is 527 g/mol. The van der Waals surface area contributed by atoms with Crippen molar-refractivity contribution in [3.8, 4) is 17.2 Å². The second-order valence-corrected chi connectivity index (χ2v) is 8.78. The molecule has 1 aliphatic heterocycles. The summed E-state index contributed by atoms with van der Waals surface area (Å²) in [6.07, 6.45) is 1.79. The summed E-state index contributed by atoms with van der Waals surface area (Å²) in [5.74, 6) is 1.88. The molecule has 1 amide bonds. The molecular formula is C20H18INO4S2. The smallest absolute Gasteiger partial charge is 0.263 e. The van der Waals surface area contributed by atoms with E-state index >= 15 is 0 Å². The van der Waals surface area contributed by atoms with Crippen molar-refractivity contribution in [1.82, 2.24) is 5.32 Å². The molecule has 1 N–H and O–H groups in total. The Kier molecular flexibility index (Phi) is 7.19. The van der Waals surface area contributed by atoms with Crippen molar-refractivity contribution < 1.29 is 19.0 Å². The lowest BCUT2D eigenvalue weighted by Crippen LogP contribution is -2.17. The van der Waals surface area contributed by atoms with Gasteiger partial charge in [-0.25, -0.2) is 0 Å². The lowest BCUT2D eigenvalue weighted by Gasteiger charge is -2.14. The number of ether oxygens (including phenoxy) is 3. The topological polar surface area (TPSA) is 56.8 Å². The fourth-order valence-electron chi connectivity index (χ4n) is 2.54. The van der Waals surface area contributed by atoms with Crippen molar-refractivity contribution in [3.63, 3.8) is 0 Å². The van der Waals surface area contributed by atoms with Crippen LogP contribution in [0.2, 0.25) is 0 Å². The number of rotatable bonds is 7. The van der Waals surface area contributed by atoms with E-state index in [1.54, 1.807) is 13.2 Å². The summed E-state index contributed by atoms with van der Waals surface area (Å²) in [7, 11) is 1.59. The fraction of sp³-hybridized carbons (Fsp3) is 0.200. The molecule has 1 fully saturated rings. The number of benzene rings is 2. The van der Waals surface area contributed by atoms with E-state index in [1.807, 2.05) is 43.3 Å². The standard InChI is InChI=1S/C20H18INO4S2/c1-12-4-3-5-14(8-12)25-6-7-26-18-15(21)9-13(10-16(18)24-2)11-17-19(23)22-20(27)28-17/h3-5,8-11H,6-7H2,1-2H3,(H,22,23,27). The molecular weight excluding hydrogens is 509 g/mol. The first-order chi connectivity index (χ1) is 13.5. The van der Waals surface area contributed by atoms with Crippen LogP contribution in [0.3, 0.4) is 0 Å². The quantitative estimate of drug-likeness (QED) is 0.247. The number of methoxy groups -OCH3 is 1. The maximum absolute atomic E-state index is 11.8. The predicted molar refractivity (Wildman–Crippen MR) is 124 cm³/mol. The minimum atomic E-state index is -0.183. The Balaban J connectivity index is 1.67. The zero-order valence-corrected chi connectivity index (χ0v) is 19.1. The van der Waals surface area contributed by atoms with Crippen LogP contribution >= 0.6 is 46.6 Å². The van der Waals surface area contributed by atoms with Crippen molar-refractivity contribution in [3.05, 3.63) is 56.0 Å². The number of thiocarbonyl (C=S) groups is 1. The minimum absolute atomic E-state index is 0.183. The summed E-state index contributed by atoms with van der Waals surface area (Å²) in [5.41, 5.74) is 1.99. The maximum Gasteiger partial charge on any atom is 0.263 e. The Morgan fingerprint density at radius 1 is 1.21 bits per heavy atom. The summed E-state index contributed by atoms with van der Waals surface area (Å²) < 4.78 is 18.4. The maximum atomic E-state index is 11.8.